The van der Waals surface area contributed by atoms with Gasteiger partial charge in [-0.1, -0.05) is 83.0 Å². The molecular weight excluding hydrogens is 558 g/mol. The first-order valence-electron chi connectivity index (χ1n) is 13.3. The third-order valence-corrected chi connectivity index (χ3v) is 7.49. The van der Waals surface area contributed by atoms with Crippen molar-refractivity contribution in [2.75, 3.05) is 31.6 Å². The van der Waals surface area contributed by atoms with Gasteiger partial charge in [-0.2, -0.15) is 0 Å². The van der Waals surface area contributed by atoms with Gasteiger partial charge in [-0.05, 0) is 56.1 Å². The Morgan fingerprint density at radius 1 is 0.923 bits per heavy atom. The number of para-hydroxylation sites is 1. The normalized spacial score (nSPS) is 15.9. The van der Waals surface area contributed by atoms with Crippen LogP contribution in [0.1, 0.15) is 48.3 Å². The van der Waals surface area contributed by atoms with Crippen molar-refractivity contribution >= 4 is 39.2 Å². The maximum Gasteiger partial charge on any atom is 0.329 e. The van der Waals surface area contributed by atoms with Crippen LogP contribution in [0, 0.1) is 0 Å². The number of aliphatic hydroxyl groups excluding tert-OH is 1. The second-order valence-electron chi connectivity index (χ2n) is 9.73. The van der Waals surface area contributed by atoms with Crippen molar-refractivity contribution in [1.82, 2.24) is 4.90 Å². The van der Waals surface area contributed by atoms with Gasteiger partial charge in [-0.3, -0.25) is 14.7 Å². The number of likely N-dealkylation sites (tertiary alicyclic amines) is 1. The summed E-state index contributed by atoms with van der Waals surface area (Å²) in [5.41, 5.74) is 3.20. The summed E-state index contributed by atoms with van der Waals surface area (Å²) in [5.74, 6) is -1.75. The Morgan fingerprint density at radius 3 is 2.26 bits per heavy atom. The van der Waals surface area contributed by atoms with E-state index in [1.54, 1.807) is 0 Å². The maximum atomic E-state index is 13.0. The molecule has 0 unspecified atom stereocenters. The van der Waals surface area contributed by atoms with E-state index in [-0.39, 0.29) is 18.9 Å². The predicted molar refractivity (Wildman–Crippen MR) is 157 cm³/mol. The number of aliphatic imine (C=N–C) groups is 1. The molecule has 1 aliphatic rings. The van der Waals surface area contributed by atoms with Gasteiger partial charge < -0.3 is 15.5 Å². The molecule has 0 aromatic heterocycles. The monoisotopic (exact) mass is 591 g/mol. The zero-order chi connectivity index (χ0) is 27.6. The Kier molecular flexibility index (Phi) is 10.4. The number of anilines is 1. The number of aliphatic carboxylic acids is 1. The van der Waals surface area contributed by atoms with Crippen LogP contribution in [0.5, 0.6) is 0 Å². The SMILES string of the molecule is O=C(CN1CCCCC1)Nc1ccccc1C(=N[C@@H](C(=O)O)[C@@H](CCO)c1ccc(Br)cc1)c1ccccc1. The Balaban J connectivity index is 1.74. The van der Waals surface area contributed by atoms with Crippen LogP contribution in [0.4, 0.5) is 5.69 Å². The molecule has 2 atom stereocenters. The van der Waals surface area contributed by atoms with Crippen molar-refractivity contribution in [1.29, 1.82) is 0 Å². The van der Waals surface area contributed by atoms with E-state index in [4.69, 9.17) is 4.99 Å². The number of rotatable bonds is 11. The van der Waals surface area contributed by atoms with Crippen LogP contribution in [-0.4, -0.2) is 65.0 Å². The van der Waals surface area contributed by atoms with Gasteiger partial charge in [0.15, 0.2) is 6.04 Å². The number of nitrogens with zero attached hydrogens (tertiary/aromatic N) is 2. The number of hydrogen-bond acceptors (Lipinski definition) is 5. The van der Waals surface area contributed by atoms with Gasteiger partial charge in [-0.25, -0.2) is 4.79 Å². The van der Waals surface area contributed by atoms with Crippen LogP contribution < -0.4 is 5.32 Å². The first-order valence-corrected chi connectivity index (χ1v) is 14.1. The third-order valence-electron chi connectivity index (χ3n) is 6.96. The van der Waals surface area contributed by atoms with Crippen molar-refractivity contribution in [3.8, 4) is 0 Å². The summed E-state index contributed by atoms with van der Waals surface area (Å²) < 4.78 is 0.878. The smallest absolute Gasteiger partial charge is 0.329 e. The Hall–Kier alpha value is -3.33. The zero-order valence-corrected chi connectivity index (χ0v) is 23.4. The van der Waals surface area contributed by atoms with Crippen LogP contribution in [0.3, 0.4) is 0 Å². The number of nitrogens with one attached hydrogen (secondary N) is 1. The molecule has 0 saturated carbocycles. The van der Waals surface area contributed by atoms with Gasteiger partial charge in [0.2, 0.25) is 5.91 Å². The Labute approximate surface area is 237 Å². The van der Waals surface area contributed by atoms with Gasteiger partial charge >= 0.3 is 5.97 Å². The fraction of sp³-hybridized carbons (Fsp3) is 0.323. The van der Waals surface area contributed by atoms with E-state index in [1.165, 1.54) is 6.42 Å². The lowest BCUT2D eigenvalue weighted by Gasteiger charge is -2.26. The molecule has 204 valence electrons. The molecule has 0 aliphatic carbocycles. The third kappa shape index (κ3) is 7.85. The van der Waals surface area contributed by atoms with Crippen molar-refractivity contribution in [2.24, 2.45) is 4.99 Å². The average Bonchev–Trinajstić information content (AvgIpc) is 2.95. The molecule has 1 fully saturated rings. The molecule has 1 amide bonds. The number of piperidine rings is 1. The van der Waals surface area contributed by atoms with E-state index in [9.17, 15) is 19.8 Å². The highest BCUT2D eigenvalue weighted by Crippen LogP contribution is 2.30. The molecule has 1 saturated heterocycles. The summed E-state index contributed by atoms with van der Waals surface area (Å²) in [5, 5.41) is 23.2. The number of carbonyl (C=O) groups excluding carboxylic acids is 1. The summed E-state index contributed by atoms with van der Waals surface area (Å²) in [6, 6.07) is 23.0. The Bertz CT molecular complexity index is 1270. The predicted octanol–water partition coefficient (Wildman–Crippen LogP) is 5.33. The van der Waals surface area contributed by atoms with Crippen molar-refractivity contribution in [3.63, 3.8) is 0 Å². The first-order chi connectivity index (χ1) is 19.0. The lowest BCUT2D eigenvalue weighted by Crippen LogP contribution is -2.37. The molecule has 8 heteroatoms. The molecule has 1 heterocycles. The van der Waals surface area contributed by atoms with E-state index < -0.39 is 17.9 Å². The highest BCUT2D eigenvalue weighted by molar-refractivity contribution is 9.10. The van der Waals surface area contributed by atoms with Gasteiger partial charge in [-0.15, -0.1) is 0 Å². The minimum absolute atomic E-state index is 0.112. The second-order valence-corrected chi connectivity index (χ2v) is 10.6. The minimum atomic E-state index is -1.16. The average molecular weight is 593 g/mol. The van der Waals surface area contributed by atoms with Crippen LogP contribution in [0.25, 0.3) is 0 Å². The fourth-order valence-corrected chi connectivity index (χ4v) is 5.28. The van der Waals surface area contributed by atoms with E-state index in [1.807, 2.05) is 78.9 Å². The van der Waals surface area contributed by atoms with Gasteiger partial charge in [0.1, 0.15) is 0 Å². The minimum Gasteiger partial charge on any atom is -0.480 e. The molecule has 0 radical (unpaired) electrons. The van der Waals surface area contributed by atoms with E-state index in [0.29, 0.717) is 23.5 Å². The Morgan fingerprint density at radius 2 is 1.59 bits per heavy atom. The summed E-state index contributed by atoms with van der Waals surface area (Å²) in [4.78, 5) is 32.7. The lowest BCUT2D eigenvalue weighted by molar-refractivity contribution is -0.139. The zero-order valence-electron chi connectivity index (χ0n) is 21.8. The van der Waals surface area contributed by atoms with Crippen LogP contribution in [-0.2, 0) is 9.59 Å². The molecule has 7 nitrogen and oxygen atoms in total. The van der Waals surface area contributed by atoms with Gasteiger partial charge in [0.25, 0.3) is 0 Å². The number of halogens is 1. The molecule has 3 N–H and O–H groups in total. The molecule has 1 aliphatic heterocycles. The number of amides is 1. The van der Waals surface area contributed by atoms with Crippen molar-refractivity contribution < 1.29 is 19.8 Å². The fourth-order valence-electron chi connectivity index (χ4n) is 5.02. The van der Waals surface area contributed by atoms with Crippen LogP contribution in [0.15, 0.2) is 88.3 Å². The van der Waals surface area contributed by atoms with Crippen molar-refractivity contribution in [3.05, 3.63) is 100 Å². The standard InChI is InChI=1S/C31H34BrN3O4/c32-24-15-13-22(14-16-24)25(17-20-36)30(31(38)39)34-29(23-9-3-1-4-10-23)26-11-5-6-12-27(26)33-28(37)21-35-18-7-2-8-19-35/h1,3-6,9-16,25,30,36H,2,7-8,17-21H2,(H,33,37)(H,38,39)/t25-,30+/m0/s1. The largest absolute Gasteiger partial charge is 0.480 e. The summed E-state index contributed by atoms with van der Waals surface area (Å²) in [7, 11) is 0. The van der Waals surface area contributed by atoms with Gasteiger partial charge in [0, 0.05) is 28.1 Å². The van der Waals surface area contributed by atoms with E-state index in [0.717, 1.165) is 41.5 Å². The number of carbonyl (C=O) groups is 2. The molecule has 3 aromatic carbocycles. The highest BCUT2D eigenvalue weighted by Gasteiger charge is 2.30. The molecule has 4 rings (SSSR count). The quantitative estimate of drug-likeness (QED) is 0.262. The summed E-state index contributed by atoms with van der Waals surface area (Å²) in [6.07, 6.45) is 3.62. The number of carboxylic acid groups (broad SMARTS) is 1. The first kappa shape index (κ1) is 28.7. The summed E-state index contributed by atoms with van der Waals surface area (Å²) >= 11 is 3.43. The molecule has 0 spiro atoms. The molecule has 39 heavy (non-hydrogen) atoms. The lowest BCUT2D eigenvalue weighted by atomic mass is 9.88. The number of benzene rings is 3. The van der Waals surface area contributed by atoms with E-state index >= 15 is 0 Å². The van der Waals surface area contributed by atoms with Crippen molar-refractivity contribution in [2.45, 2.75) is 37.6 Å². The maximum absolute atomic E-state index is 13.0. The number of aliphatic hydroxyl groups is 1. The molecule has 0 bridgehead atoms. The van der Waals surface area contributed by atoms with Gasteiger partial charge in [0.05, 0.1) is 17.9 Å². The number of carboxylic acids is 1. The highest BCUT2D eigenvalue weighted by atomic mass is 79.9. The van der Waals surface area contributed by atoms with E-state index in [2.05, 4.69) is 26.1 Å². The molecular formula is C31H34BrN3O4. The molecule has 3 aromatic rings. The summed E-state index contributed by atoms with van der Waals surface area (Å²) in [6.45, 7) is 1.96. The van der Waals surface area contributed by atoms with Crippen LogP contribution >= 0.6 is 15.9 Å². The number of hydrogen-bond donors (Lipinski definition) is 3. The second kappa shape index (κ2) is 14.2. The van der Waals surface area contributed by atoms with Crippen LogP contribution in [0.2, 0.25) is 0 Å². The topological polar surface area (TPSA) is 102 Å².